The fourth-order valence-electron chi connectivity index (χ4n) is 3.36. The maximum Gasteiger partial charge on any atom is 0.253 e. The lowest BCUT2D eigenvalue weighted by Crippen LogP contribution is -2.43. The number of piperidine rings is 1. The Morgan fingerprint density at radius 3 is 2.68 bits per heavy atom. The van der Waals surface area contributed by atoms with E-state index in [1.54, 1.807) is 0 Å². The van der Waals surface area contributed by atoms with E-state index in [0.29, 0.717) is 6.54 Å². The van der Waals surface area contributed by atoms with Crippen molar-refractivity contribution in [3.63, 3.8) is 0 Å². The molecule has 1 fully saturated rings. The van der Waals surface area contributed by atoms with Gasteiger partial charge in [-0.05, 0) is 63.4 Å². The minimum atomic E-state index is 0.0877. The fourth-order valence-corrected chi connectivity index (χ4v) is 3.36. The molecule has 5 heteroatoms. The Bertz CT molecular complexity index is 721. The van der Waals surface area contributed by atoms with Gasteiger partial charge in [0.1, 0.15) is 0 Å². The number of aromatic nitrogens is 2. The molecule has 25 heavy (non-hydrogen) atoms. The second-order valence-electron chi connectivity index (χ2n) is 6.77. The summed E-state index contributed by atoms with van der Waals surface area (Å²) < 4.78 is 7.74. The molecular formula is C20H27N3O2. The minimum Gasteiger partial charge on any atom is -0.376 e. The Kier molecular flexibility index (Phi) is 5.53. The molecule has 1 saturated heterocycles. The summed E-state index contributed by atoms with van der Waals surface area (Å²) in [5.41, 5.74) is 3.78. The van der Waals surface area contributed by atoms with Crippen molar-refractivity contribution >= 4 is 5.91 Å². The van der Waals surface area contributed by atoms with Crippen LogP contribution in [-0.4, -0.2) is 46.4 Å². The third-order valence-corrected chi connectivity index (χ3v) is 4.59. The lowest BCUT2D eigenvalue weighted by atomic mass is 10.1. The number of amides is 1. The number of benzene rings is 1. The van der Waals surface area contributed by atoms with Crippen LogP contribution < -0.4 is 0 Å². The molecule has 0 aliphatic carbocycles. The second-order valence-corrected chi connectivity index (χ2v) is 6.77. The fraction of sp³-hybridized carbons (Fsp3) is 0.500. The number of aryl methyl sites for hydroxylation is 2. The van der Waals surface area contributed by atoms with Crippen LogP contribution in [0.4, 0.5) is 0 Å². The van der Waals surface area contributed by atoms with Gasteiger partial charge in [-0.3, -0.25) is 4.79 Å². The molecule has 2 heterocycles. The van der Waals surface area contributed by atoms with E-state index in [0.717, 1.165) is 55.1 Å². The van der Waals surface area contributed by atoms with Gasteiger partial charge in [-0.2, -0.15) is 5.10 Å². The summed E-state index contributed by atoms with van der Waals surface area (Å²) in [4.78, 5) is 14.7. The monoisotopic (exact) mass is 341 g/mol. The molecule has 134 valence electrons. The predicted octanol–water partition coefficient (Wildman–Crippen LogP) is 3.52. The number of hydrogen-bond acceptors (Lipinski definition) is 3. The van der Waals surface area contributed by atoms with E-state index >= 15 is 0 Å². The first-order chi connectivity index (χ1) is 12.1. The average Bonchev–Trinajstić information content (AvgIpc) is 2.98. The van der Waals surface area contributed by atoms with Gasteiger partial charge in [0.05, 0.1) is 17.5 Å². The zero-order valence-electron chi connectivity index (χ0n) is 15.4. The largest absolute Gasteiger partial charge is 0.376 e. The van der Waals surface area contributed by atoms with Crippen molar-refractivity contribution in [1.29, 1.82) is 0 Å². The van der Waals surface area contributed by atoms with Crippen LogP contribution >= 0.6 is 0 Å². The van der Waals surface area contributed by atoms with Crippen LogP contribution in [0.5, 0.6) is 0 Å². The molecule has 0 radical (unpaired) electrons. The Morgan fingerprint density at radius 1 is 1.28 bits per heavy atom. The topological polar surface area (TPSA) is 47.4 Å². The SMILES string of the molecule is CCCO[C@@H]1CCCN(C(=O)c2ccc(-n3nc(C)cc3C)cc2)C1. The summed E-state index contributed by atoms with van der Waals surface area (Å²) >= 11 is 0. The first kappa shape index (κ1) is 17.7. The van der Waals surface area contributed by atoms with Gasteiger partial charge in [-0.1, -0.05) is 6.92 Å². The predicted molar refractivity (Wildman–Crippen MR) is 98.2 cm³/mol. The van der Waals surface area contributed by atoms with Gasteiger partial charge in [0, 0.05) is 31.0 Å². The molecule has 1 aromatic carbocycles. The van der Waals surface area contributed by atoms with E-state index in [4.69, 9.17) is 4.74 Å². The summed E-state index contributed by atoms with van der Waals surface area (Å²) in [6, 6.07) is 9.75. The average molecular weight is 341 g/mol. The molecule has 0 spiro atoms. The van der Waals surface area contributed by atoms with Crippen molar-refractivity contribution in [2.45, 2.75) is 46.1 Å². The lowest BCUT2D eigenvalue weighted by molar-refractivity contribution is 0.00211. The van der Waals surface area contributed by atoms with Crippen molar-refractivity contribution in [1.82, 2.24) is 14.7 Å². The zero-order valence-corrected chi connectivity index (χ0v) is 15.4. The summed E-state index contributed by atoms with van der Waals surface area (Å²) in [6.07, 6.45) is 3.23. The zero-order chi connectivity index (χ0) is 17.8. The second kappa shape index (κ2) is 7.83. The van der Waals surface area contributed by atoms with Crippen LogP contribution in [-0.2, 0) is 4.74 Å². The third kappa shape index (κ3) is 4.10. The standard InChI is InChI=1S/C20H27N3O2/c1-4-12-25-19-6-5-11-22(14-19)20(24)17-7-9-18(10-8-17)23-16(3)13-15(2)21-23/h7-10,13,19H,4-6,11-12,14H2,1-3H3/t19-/m1/s1. The third-order valence-electron chi connectivity index (χ3n) is 4.59. The van der Waals surface area contributed by atoms with Crippen molar-refractivity contribution < 1.29 is 9.53 Å². The van der Waals surface area contributed by atoms with Crippen molar-refractivity contribution in [3.05, 3.63) is 47.3 Å². The Hall–Kier alpha value is -2.14. The molecule has 0 unspecified atom stereocenters. The van der Waals surface area contributed by atoms with Gasteiger partial charge in [-0.15, -0.1) is 0 Å². The summed E-state index contributed by atoms with van der Waals surface area (Å²) in [6.45, 7) is 8.39. The van der Waals surface area contributed by atoms with Crippen molar-refractivity contribution in [2.75, 3.05) is 19.7 Å². The number of hydrogen-bond donors (Lipinski definition) is 0. The van der Waals surface area contributed by atoms with E-state index in [2.05, 4.69) is 12.0 Å². The number of nitrogens with zero attached hydrogens (tertiary/aromatic N) is 3. The van der Waals surface area contributed by atoms with E-state index in [9.17, 15) is 4.79 Å². The number of carbonyl (C=O) groups is 1. The lowest BCUT2D eigenvalue weighted by Gasteiger charge is -2.32. The molecule has 0 N–H and O–H groups in total. The first-order valence-electron chi connectivity index (χ1n) is 9.13. The number of carbonyl (C=O) groups excluding carboxylic acids is 1. The summed E-state index contributed by atoms with van der Waals surface area (Å²) in [5.74, 6) is 0.0877. The van der Waals surface area contributed by atoms with E-state index < -0.39 is 0 Å². The molecule has 1 aliphatic heterocycles. The van der Waals surface area contributed by atoms with Crippen LogP contribution in [0, 0.1) is 13.8 Å². The highest BCUT2D eigenvalue weighted by atomic mass is 16.5. The smallest absolute Gasteiger partial charge is 0.253 e. The molecule has 0 bridgehead atoms. The van der Waals surface area contributed by atoms with Gasteiger partial charge in [0.2, 0.25) is 0 Å². The summed E-state index contributed by atoms with van der Waals surface area (Å²) in [7, 11) is 0. The van der Waals surface area contributed by atoms with Crippen molar-refractivity contribution in [3.8, 4) is 5.69 Å². The molecule has 1 aliphatic rings. The van der Waals surface area contributed by atoms with Gasteiger partial charge in [0.15, 0.2) is 0 Å². The Balaban J connectivity index is 1.69. The van der Waals surface area contributed by atoms with Gasteiger partial charge >= 0.3 is 0 Å². The molecule has 1 aromatic heterocycles. The van der Waals surface area contributed by atoms with Crippen LogP contribution in [0.1, 0.15) is 47.9 Å². The van der Waals surface area contributed by atoms with Crippen LogP contribution in [0.3, 0.4) is 0 Å². The molecule has 3 rings (SSSR count). The molecule has 0 saturated carbocycles. The number of likely N-dealkylation sites (tertiary alicyclic amines) is 1. The highest BCUT2D eigenvalue weighted by Gasteiger charge is 2.24. The quantitative estimate of drug-likeness (QED) is 0.836. The van der Waals surface area contributed by atoms with E-state index in [-0.39, 0.29) is 12.0 Å². The highest BCUT2D eigenvalue weighted by Crippen LogP contribution is 2.18. The van der Waals surface area contributed by atoms with E-state index in [1.165, 1.54) is 0 Å². The normalized spacial score (nSPS) is 17.7. The highest BCUT2D eigenvalue weighted by molar-refractivity contribution is 5.94. The molecule has 1 amide bonds. The number of rotatable bonds is 5. The minimum absolute atomic E-state index is 0.0877. The maximum atomic E-state index is 12.8. The molecule has 5 nitrogen and oxygen atoms in total. The van der Waals surface area contributed by atoms with Gasteiger partial charge in [-0.25, -0.2) is 4.68 Å². The Morgan fingerprint density at radius 2 is 2.04 bits per heavy atom. The first-order valence-corrected chi connectivity index (χ1v) is 9.13. The van der Waals surface area contributed by atoms with Gasteiger partial charge < -0.3 is 9.64 Å². The molecule has 1 atom stereocenters. The summed E-state index contributed by atoms with van der Waals surface area (Å²) in [5, 5.41) is 4.49. The van der Waals surface area contributed by atoms with Crippen LogP contribution in [0.25, 0.3) is 5.69 Å². The Labute approximate surface area is 149 Å². The molecular weight excluding hydrogens is 314 g/mol. The van der Waals surface area contributed by atoms with Crippen LogP contribution in [0.15, 0.2) is 30.3 Å². The van der Waals surface area contributed by atoms with Crippen LogP contribution in [0.2, 0.25) is 0 Å². The van der Waals surface area contributed by atoms with Crippen molar-refractivity contribution in [2.24, 2.45) is 0 Å². The number of ether oxygens (including phenoxy) is 1. The van der Waals surface area contributed by atoms with Gasteiger partial charge in [0.25, 0.3) is 5.91 Å². The molecule has 2 aromatic rings. The maximum absolute atomic E-state index is 12.8. The van der Waals surface area contributed by atoms with E-state index in [1.807, 2.05) is 53.8 Å².